The number of benzene rings is 1. The summed E-state index contributed by atoms with van der Waals surface area (Å²) in [6, 6.07) is 4.83. The first-order chi connectivity index (χ1) is 11.4. The van der Waals surface area contributed by atoms with Gasteiger partial charge < -0.3 is 4.90 Å². The maximum Gasteiger partial charge on any atom is 0.264 e. The van der Waals surface area contributed by atoms with E-state index in [0.717, 1.165) is 37.8 Å². The number of pyridine rings is 1. The summed E-state index contributed by atoms with van der Waals surface area (Å²) >= 11 is 0. The first-order valence-corrected chi connectivity index (χ1v) is 9.04. The SMILES string of the molecule is Cc1cc(S(=O)(=O)Nc2ccc(N3CCCC3)nc2)c(F)cc1F. The van der Waals surface area contributed by atoms with E-state index in [1.807, 2.05) is 0 Å². The average molecular weight is 353 g/mol. The van der Waals surface area contributed by atoms with E-state index in [0.29, 0.717) is 6.07 Å². The standard InChI is InChI=1S/C16H17F2N3O2S/c1-11-8-15(14(18)9-13(11)17)24(22,23)20-12-4-5-16(19-10-12)21-6-2-3-7-21/h4-5,8-10,20H,2-3,6-7H2,1H3. The number of hydrogen-bond acceptors (Lipinski definition) is 4. The highest BCUT2D eigenvalue weighted by atomic mass is 32.2. The van der Waals surface area contributed by atoms with Gasteiger partial charge in [-0.3, -0.25) is 4.72 Å². The lowest BCUT2D eigenvalue weighted by atomic mass is 10.2. The van der Waals surface area contributed by atoms with Gasteiger partial charge in [0.25, 0.3) is 10.0 Å². The maximum atomic E-state index is 13.8. The van der Waals surface area contributed by atoms with E-state index in [-0.39, 0.29) is 11.3 Å². The molecule has 2 heterocycles. The molecule has 2 aromatic rings. The predicted octanol–water partition coefficient (Wildman–Crippen LogP) is 3.07. The molecule has 0 spiro atoms. The van der Waals surface area contributed by atoms with Crippen molar-refractivity contribution in [3.05, 3.63) is 47.7 Å². The van der Waals surface area contributed by atoms with Gasteiger partial charge in [-0.15, -0.1) is 0 Å². The molecule has 1 aromatic carbocycles. The average Bonchev–Trinajstić information content (AvgIpc) is 3.05. The quantitative estimate of drug-likeness (QED) is 0.918. The minimum absolute atomic E-state index is 0.0549. The molecular weight excluding hydrogens is 336 g/mol. The van der Waals surface area contributed by atoms with Crippen LogP contribution in [0.3, 0.4) is 0 Å². The minimum Gasteiger partial charge on any atom is -0.357 e. The zero-order valence-corrected chi connectivity index (χ0v) is 13.9. The highest BCUT2D eigenvalue weighted by Crippen LogP contribution is 2.23. The number of sulfonamides is 1. The van der Waals surface area contributed by atoms with Gasteiger partial charge >= 0.3 is 0 Å². The molecule has 1 aliphatic heterocycles. The lowest BCUT2D eigenvalue weighted by molar-refractivity contribution is 0.547. The molecule has 24 heavy (non-hydrogen) atoms. The molecular formula is C16H17F2N3O2S. The Morgan fingerprint density at radius 1 is 1.12 bits per heavy atom. The van der Waals surface area contributed by atoms with Crippen LogP contribution in [0.15, 0.2) is 35.4 Å². The van der Waals surface area contributed by atoms with E-state index in [2.05, 4.69) is 14.6 Å². The summed E-state index contributed by atoms with van der Waals surface area (Å²) < 4.78 is 54.0. The summed E-state index contributed by atoms with van der Waals surface area (Å²) in [4.78, 5) is 5.76. The summed E-state index contributed by atoms with van der Waals surface area (Å²) in [5.74, 6) is -1.14. The van der Waals surface area contributed by atoms with Crippen LogP contribution in [0.5, 0.6) is 0 Å². The Labute approximate surface area is 139 Å². The number of halogens is 2. The second-order valence-electron chi connectivity index (χ2n) is 5.74. The fourth-order valence-electron chi connectivity index (χ4n) is 2.63. The van der Waals surface area contributed by atoms with Gasteiger partial charge in [0.05, 0.1) is 11.9 Å². The van der Waals surface area contributed by atoms with Crippen LogP contribution >= 0.6 is 0 Å². The topological polar surface area (TPSA) is 62.3 Å². The Kier molecular flexibility index (Phi) is 4.40. The second kappa shape index (κ2) is 6.35. The van der Waals surface area contributed by atoms with Crippen LogP contribution in [0.1, 0.15) is 18.4 Å². The molecule has 1 N–H and O–H groups in total. The van der Waals surface area contributed by atoms with Gasteiger partial charge in [-0.05, 0) is 43.5 Å². The fraction of sp³-hybridized carbons (Fsp3) is 0.312. The highest BCUT2D eigenvalue weighted by molar-refractivity contribution is 7.92. The number of nitrogens with one attached hydrogen (secondary N) is 1. The van der Waals surface area contributed by atoms with Crippen LogP contribution < -0.4 is 9.62 Å². The van der Waals surface area contributed by atoms with Crippen LogP contribution in [0.2, 0.25) is 0 Å². The number of anilines is 2. The van der Waals surface area contributed by atoms with E-state index in [1.54, 1.807) is 12.1 Å². The van der Waals surface area contributed by atoms with E-state index in [1.165, 1.54) is 13.1 Å². The lowest BCUT2D eigenvalue weighted by Crippen LogP contribution is -2.19. The van der Waals surface area contributed by atoms with Crippen LogP contribution in [-0.2, 0) is 10.0 Å². The molecule has 0 aliphatic carbocycles. The fourth-order valence-corrected chi connectivity index (χ4v) is 3.82. The molecule has 1 saturated heterocycles. The molecule has 1 aromatic heterocycles. The summed E-state index contributed by atoms with van der Waals surface area (Å²) in [5.41, 5.74) is 0.276. The van der Waals surface area contributed by atoms with E-state index >= 15 is 0 Å². The third-order valence-electron chi connectivity index (χ3n) is 3.93. The molecule has 1 aliphatic rings. The van der Waals surface area contributed by atoms with Crippen molar-refractivity contribution in [2.45, 2.75) is 24.7 Å². The predicted molar refractivity (Wildman–Crippen MR) is 87.6 cm³/mol. The third kappa shape index (κ3) is 3.33. The van der Waals surface area contributed by atoms with Gasteiger partial charge in [0.15, 0.2) is 0 Å². The summed E-state index contributed by atoms with van der Waals surface area (Å²) in [6.45, 7) is 3.23. The van der Waals surface area contributed by atoms with Crippen molar-refractivity contribution in [1.29, 1.82) is 0 Å². The van der Waals surface area contributed by atoms with Crippen molar-refractivity contribution >= 4 is 21.5 Å². The van der Waals surface area contributed by atoms with Crippen LogP contribution in [0.4, 0.5) is 20.3 Å². The van der Waals surface area contributed by atoms with Gasteiger partial charge in [0, 0.05) is 19.2 Å². The highest BCUT2D eigenvalue weighted by Gasteiger charge is 2.21. The zero-order chi connectivity index (χ0) is 17.3. The first-order valence-electron chi connectivity index (χ1n) is 7.56. The Hall–Kier alpha value is -2.22. The molecule has 0 saturated carbocycles. The summed E-state index contributed by atoms with van der Waals surface area (Å²) in [7, 11) is -4.16. The molecule has 0 unspecified atom stereocenters. The minimum atomic E-state index is -4.16. The van der Waals surface area contributed by atoms with Crippen molar-refractivity contribution in [1.82, 2.24) is 4.98 Å². The number of hydrogen-bond donors (Lipinski definition) is 1. The summed E-state index contributed by atoms with van der Waals surface area (Å²) in [5, 5.41) is 0. The van der Waals surface area contributed by atoms with E-state index in [4.69, 9.17) is 0 Å². The van der Waals surface area contributed by atoms with Crippen molar-refractivity contribution < 1.29 is 17.2 Å². The van der Waals surface area contributed by atoms with E-state index in [9.17, 15) is 17.2 Å². The Morgan fingerprint density at radius 3 is 2.46 bits per heavy atom. The monoisotopic (exact) mass is 353 g/mol. The number of nitrogens with zero attached hydrogens (tertiary/aromatic N) is 2. The van der Waals surface area contributed by atoms with Gasteiger partial charge in [0.2, 0.25) is 0 Å². The van der Waals surface area contributed by atoms with Gasteiger partial charge in [-0.25, -0.2) is 22.2 Å². The molecule has 0 bridgehead atoms. The molecule has 1 fully saturated rings. The number of rotatable bonds is 4. The first kappa shape index (κ1) is 16.6. The number of aryl methyl sites for hydroxylation is 1. The van der Waals surface area contributed by atoms with Crippen LogP contribution in [0, 0.1) is 18.6 Å². The molecule has 128 valence electrons. The van der Waals surface area contributed by atoms with Crippen molar-refractivity contribution in [3.8, 4) is 0 Å². The third-order valence-corrected chi connectivity index (χ3v) is 5.33. The largest absolute Gasteiger partial charge is 0.357 e. The van der Waals surface area contributed by atoms with Crippen molar-refractivity contribution in [2.75, 3.05) is 22.7 Å². The van der Waals surface area contributed by atoms with Crippen LogP contribution in [-0.4, -0.2) is 26.5 Å². The summed E-state index contributed by atoms with van der Waals surface area (Å²) in [6.07, 6.45) is 3.61. The molecule has 0 amide bonds. The second-order valence-corrected chi connectivity index (χ2v) is 7.39. The lowest BCUT2D eigenvalue weighted by Gasteiger charge is -2.16. The Morgan fingerprint density at radius 2 is 1.83 bits per heavy atom. The van der Waals surface area contributed by atoms with E-state index < -0.39 is 26.6 Å². The van der Waals surface area contributed by atoms with Crippen LogP contribution in [0.25, 0.3) is 0 Å². The van der Waals surface area contributed by atoms with Gasteiger partial charge in [-0.1, -0.05) is 0 Å². The van der Waals surface area contributed by atoms with Crippen molar-refractivity contribution in [3.63, 3.8) is 0 Å². The Bertz CT molecular complexity index is 848. The smallest absolute Gasteiger partial charge is 0.264 e. The normalized spacial score (nSPS) is 14.9. The molecule has 8 heteroatoms. The molecule has 5 nitrogen and oxygen atoms in total. The zero-order valence-electron chi connectivity index (χ0n) is 13.1. The van der Waals surface area contributed by atoms with Gasteiger partial charge in [-0.2, -0.15) is 0 Å². The number of aromatic nitrogens is 1. The molecule has 0 radical (unpaired) electrons. The van der Waals surface area contributed by atoms with Gasteiger partial charge in [0.1, 0.15) is 22.3 Å². The maximum absolute atomic E-state index is 13.8. The van der Waals surface area contributed by atoms with Crippen molar-refractivity contribution in [2.24, 2.45) is 0 Å². The molecule has 0 atom stereocenters. The molecule has 3 rings (SSSR count). The Balaban J connectivity index is 1.83.